The molecule has 0 unspecified atom stereocenters. The van der Waals surface area contributed by atoms with Crippen LogP contribution >= 0.6 is 0 Å². The monoisotopic (exact) mass is 1770 g/mol. The maximum absolute atomic E-state index is 12.6. The van der Waals surface area contributed by atoms with Gasteiger partial charge < -0.3 is 62.8 Å². The number of aryl methyl sites for hydroxylation is 14. The summed E-state index contributed by atoms with van der Waals surface area (Å²) in [6.07, 6.45) is 4.00. The first-order chi connectivity index (χ1) is 61.4. The van der Waals surface area contributed by atoms with E-state index < -0.39 is 35.8 Å². The van der Waals surface area contributed by atoms with Gasteiger partial charge in [-0.15, -0.1) is 61.4 Å². The van der Waals surface area contributed by atoms with Gasteiger partial charge in [0.1, 0.15) is 33.4 Å². The van der Waals surface area contributed by atoms with E-state index >= 15 is 0 Å². The van der Waals surface area contributed by atoms with E-state index in [0.29, 0.717) is 17.1 Å². The third-order valence-corrected chi connectivity index (χ3v) is 18.9. The SMILES string of the molecule is COC(=O)c1c(N=Nc2c(C)nn(-c3nc(-n4nc(C)c(N=Nc5c(C(=O)OC)c(C)nn5C)c4N)nc(-n4nc(C)c(N=Nc5c(C(=O)OC)c(C)nn5C)c4N)n3)c2N)nn(C)c1C.COC(=O)c1cn(C)nc1N=Nc1c(C)nn(-c2nc(-n3nc(C)c(N=Nc4c(C(=O)OC)cnn4C)c3N)nc(-n3nc(C)c(N=Nc4c(C(=O)OC)cnn4C)c3N)n2)c1N. The number of azo groups is 6. The molecule has 666 valence electrons. The predicted molar refractivity (Wildman–Crippen MR) is 444 cm³/mol. The summed E-state index contributed by atoms with van der Waals surface area (Å²) in [6, 6.07) is 0. The fourth-order valence-electron chi connectivity index (χ4n) is 12.3. The van der Waals surface area contributed by atoms with Crippen molar-refractivity contribution in [2.75, 3.05) is 77.1 Å². The van der Waals surface area contributed by atoms with Gasteiger partial charge in [0.15, 0.2) is 92.3 Å². The molecule has 0 aromatic carbocycles. The Kier molecular flexibility index (Phi) is 24.2. The minimum atomic E-state index is -0.677. The number of esters is 6. The van der Waals surface area contributed by atoms with Crippen LogP contribution in [-0.2, 0) is 70.7 Å². The number of rotatable bonds is 24. The first kappa shape index (κ1) is 88.5. The van der Waals surface area contributed by atoms with Crippen molar-refractivity contribution in [1.82, 2.24) is 147 Å². The normalized spacial score (nSPS) is 11.8. The summed E-state index contributed by atoms with van der Waals surface area (Å²) in [5.74, 6) is -5.43. The maximum Gasteiger partial charge on any atom is 0.343 e. The lowest BCUT2D eigenvalue weighted by Crippen LogP contribution is -2.17. The van der Waals surface area contributed by atoms with Crippen molar-refractivity contribution in [3.63, 3.8) is 0 Å². The molecule has 0 saturated heterocycles. The fraction of sp³-hybridized carbons (Fsp3) is 0.304. The quantitative estimate of drug-likeness (QED) is 0.0207. The van der Waals surface area contributed by atoms with Crippen LogP contribution < -0.4 is 34.4 Å². The number of hydrogen-bond donors (Lipinski definition) is 6. The van der Waals surface area contributed by atoms with E-state index in [1.807, 2.05) is 0 Å². The van der Waals surface area contributed by atoms with Crippen LogP contribution in [0.1, 0.15) is 113 Å². The van der Waals surface area contributed by atoms with Crippen LogP contribution in [0.15, 0.2) is 80.0 Å². The highest BCUT2D eigenvalue weighted by Crippen LogP contribution is 2.40. The molecule has 12 N–H and O–H groups in total. The molecule has 0 aliphatic carbocycles. The lowest BCUT2D eigenvalue weighted by molar-refractivity contribution is 0.0591. The maximum atomic E-state index is 12.6. The first-order valence-corrected chi connectivity index (χ1v) is 37.2. The predicted octanol–water partition coefficient (Wildman–Crippen LogP) is 6.74. The van der Waals surface area contributed by atoms with Gasteiger partial charge in [-0.1, -0.05) is 0 Å². The zero-order chi connectivity index (χ0) is 93.5. The third kappa shape index (κ3) is 16.5. The van der Waals surface area contributed by atoms with Gasteiger partial charge in [0.25, 0.3) is 35.7 Å². The molecule has 14 rings (SSSR count). The van der Waals surface area contributed by atoms with Crippen LogP contribution in [0.3, 0.4) is 0 Å². The largest absolute Gasteiger partial charge is 0.465 e. The smallest absolute Gasteiger partial charge is 0.343 e. The molecule has 0 spiro atoms. The van der Waals surface area contributed by atoms with E-state index in [1.54, 1.807) is 105 Å². The van der Waals surface area contributed by atoms with Crippen LogP contribution in [0, 0.1) is 62.3 Å². The number of ether oxygens (including phenoxy) is 6. The highest BCUT2D eigenvalue weighted by molar-refractivity contribution is 5.98. The molecular weight excluding hydrogens is 1690 g/mol. The Balaban J connectivity index is 0.000000220. The molecule has 0 atom stereocenters. The van der Waals surface area contributed by atoms with Crippen LogP contribution in [0.2, 0.25) is 0 Å². The summed E-state index contributed by atoms with van der Waals surface area (Å²) in [6.45, 7) is 14.6. The number of carbonyl (C=O) groups excluding carboxylic acids is 6. The lowest BCUT2D eigenvalue weighted by Gasteiger charge is -2.09. The number of nitrogens with zero attached hydrogens (tertiary/aromatic N) is 42. The zero-order valence-electron chi connectivity index (χ0n) is 72.4. The molecule has 0 amide bonds. The summed E-state index contributed by atoms with van der Waals surface area (Å²) in [5.41, 5.74) is 43.7. The second-order valence-electron chi connectivity index (χ2n) is 27.3. The topological polar surface area (TPSA) is 753 Å². The van der Waals surface area contributed by atoms with Gasteiger partial charge in [-0.25, -0.2) is 47.5 Å². The standard InChI is InChI=1S/C36H42N24O6.C33H36N24O6/c1-13-19(31(61)64-10)29(56(8)49-13)47-44-23-16(4)52-59(26(23)38)35-40-34(58-25(37)22(15(3)51-58)43-46-28-21(33(63)66-12)18(6)55(7)54-28)41-36(42-35)60-27(39)24(17(5)53-60)45-48-30-20(32(62)65-11)14(2)50-57(30)9;1-13-19(42-45-25-18(30(60)63-9)12-52(4)51-25)22(34)55(48-13)31-39-32(56-23(35)20(14(2)49-56)43-46-26-16(28(58)61-7)10-37-53(26)5)41-33(40-31)57-24(36)21(15(3)50-57)44-47-27-17(29(59)62-8)11-38-54(27)6/h37-39H2,1-12H3;10-12H,34-36H2,1-9H3. The second kappa shape index (κ2) is 35.3. The molecule has 0 saturated carbocycles. The highest BCUT2D eigenvalue weighted by Gasteiger charge is 2.32. The van der Waals surface area contributed by atoms with Gasteiger partial charge in [-0.05, 0) is 62.3 Å². The van der Waals surface area contributed by atoms with Crippen molar-refractivity contribution >= 4 is 140 Å². The molecular formula is C69H78N48O12. The van der Waals surface area contributed by atoms with E-state index in [4.69, 9.17) is 62.8 Å². The minimum Gasteiger partial charge on any atom is -0.465 e. The van der Waals surface area contributed by atoms with Gasteiger partial charge in [0.2, 0.25) is 11.6 Å². The van der Waals surface area contributed by atoms with E-state index in [0.717, 1.165) is 28.1 Å². The molecule has 0 fully saturated rings. The Morgan fingerprint density at radius 1 is 0.271 bits per heavy atom. The average molecular weight is 1770 g/mol. The van der Waals surface area contributed by atoms with Gasteiger partial charge in [0, 0.05) is 48.5 Å². The summed E-state index contributed by atoms with van der Waals surface area (Å²) in [4.78, 5) is 102. The number of hydrogen-bond acceptors (Lipinski definition) is 48. The molecule has 60 nitrogen and oxygen atoms in total. The van der Waals surface area contributed by atoms with Crippen molar-refractivity contribution in [2.24, 2.45) is 104 Å². The molecule has 0 aliphatic heterocycles. The Hall–Kier alpha value is -18.2. The summed E-state index contributed by atoms with van der Waals surface area (Å²) < 4.78 is 44.4. The number of methoxy groups -OCH3 is 6. The Morgan fingerprint density at radius 2 is 0.527 bits per heavy atom. The molecule has 14 aromatic heterocycles. The van der Waals surface area contributed by atoms with E-state index in [1.165, 1.54) is 89.3 Å². The van der Waals surface area contributed by atoms with Crippen LogP contribution in [-0.4, -0.2) is 226 Å². The summed E-state index contributed by atoms with van der Waals surface area (Å²) >= 11 is 0. The number of nitrogens with two attached hydrogens (primary N) is 6. The first-order valence-electron chi connectivity index (χ1n) is 37.2. The fourth-order valence-corrected chi connectivity index (χ4v) is 12.3. The molecule has 60 heteroatoms. The minimum absolute atomic E-state index is 0.0202. The van der Waals surface area contributed by atoms with E-state index in [-0.39, 0.29) is 207 Å². The molecule has 0 aliphatic rings. The van der Waals surface area contributed by atoms with Crippen molar-refractivity contribution in [1.29, 1.82) is 0 Å². The Morgan fingerprint density at radius 3 is 0.814 bits per heavy atom. The van der Waals surface area contributed by atoms with Crippen molar-refractivity contribution in [2.45, 2.75) is 62.3 Å². The third-order valence-electron chi connectivity index (χ3n) is 18.9. The van der Waals surface area contributed by atoms with Crippen molar-refractivity contribution in [3.8, 4) is 35.7 Å². The second-order valence-corrected chi connectivity index (χ2v) is 27.3. The molecule has 129 heavy (non-hydrogen) atoms. The Labute approximate surface area is 723 Å². The Bertz CT molecular complexity index is 6800. The number of carbonyl (C=O) groups is 6. The van der Waals surface area contributed by atoms with Crippen LogP contribution in [0.25, 0.3) is 35.7 Å². The van der Waals surface area contributed by atoms with Crippen LogP contribution in [0.4, 0.5) is 104 Å². The summed E-state index contributed by atoms with van der Waals surface area (Å²) in [7, 11) is 16.9. The van der Waals surface area contributed by atoms with Crippen LogP contribution in [0.5, 0.6) is 0 Å². The van der Waals surface area contributed by atoms with Crippen molar-refractivity contribution in [3.05, 3.63) is 103 Å². The lowest BCUT2D eigenvalue weighted by atomic mass is 10.2. The number of aromatic nitrogens is 30. The van der Waals surface area contributed by atoms with E-state index in [2.05, 4.69) is 152 Å². The highest BCUT2D eigenvalue weighted by atomic mass is 16.5. The van der Waals surface area contributed by atoms with Crippen molar-refractivity contribution < 1.29 is 57.2 Å². The molecule has 0 radical (unpaired) electrons. The number of anilines is 6. The average Bonchev–Trinajstić information content (AvgIpc) is 1.62. The van der Waals surface area contributed by atoms with Gasteiger partial charge >= 0.3 is 35.8 Å². The molecule has 14 aromatic rings. The summed E-state index contributed by atoms with van der Waals surface area (Å²) in [5, 5.41) is 103. The number of nitrogen functional groups attached to an aromatic ring is 6. The molecule has 14 heterocycles. The van der Waals surface area contributed by atoms with Gasteiger partial charge in [-0.3, -0.25) is 9.36 Å². The van der Waals surface area contributed by atoms with Gasteiger partial charge in [0.05, 0.1) is 106 Å². The molecule has 0 bridgehead atoms. The zero-order valence-corrected chi connectivity index (χ0v) is 72.4. The van der Waals surface area contributed by atoms with Gasteiger partial charge in [-0.2, -0.15) is 119 Å². The van der Waals surface area contributed by atoms with E-state index in [9.17, 15) is 28.8 Å².